The fourth-order valence-electron chi connectivity index (χ4n) is 2.36. The van der Waals surface area contributed by atoms with Crippen molar-refractivity contribution < 1.29 is 9.53 Å². The lowest BCUT2D eigenvalue weighted by Crippen LogP contribution is -2.56. The number of alkyl halides is 3. The highest BCUT2D eigenvalue weighted by Gasteiger charge is 2.34. The summed E-state index contributed by atoms with van der Waals surface area (Å²) in [5.74, 6) is 0.415. The number of anilines is 1. The second-order valence-corrected chi connectivity index (χ2v) is 8.78. The van der Waals surface area contributed by atoms with Crippen molar-refractivity contribution in [2.45, 2.75) is 55.4 Å². The SMILES string of the molecule is CCCCCCCC(=O)NC(NC(=S)Nc1ccccc1OC)C(Cl)(Cl)Cl. The fourth-order valence-corrected chi connectivity index (χ4v) is 2.91. The number of benzene rings is 1. The zero-order chi connectivity index (χ0) is 20.3. The van der Waals surface area contributed by atoms with Crippen molar-refractivity contribution in [3.8, 4) is 5.75 Å². The summed E-state index contributed by atoms with van der Waals surface area (Å²) >= 11 is 23.3. The Bertz CT molecular complexity index is 612. The third-order valence-corrected chi connectivity index (χ3v) is 4.65. The molecule has 1 unspecified atom stereocenters. The van der Waals surface area contributed by atoms with Crippen LogP contribution in [-0.2, 0) is 4.79 Å². The van der Waals surface area contributed by atoms with Crippen LogP contribution in [0.2, 0.25) is 0 Å². The monoisotopic (exact) mass is 453 g/mol. The Morgan fingerprint density at radius 1 is 1.15 bits per heavy atom. The molecule has 5 nitrogen and oxygen atoms in total. The van der Waals surface area contributed by atoms with E-state index in [0.29, 0.717) is 17.9 Å². The minimum absolute atomic E-state index is 0.194. The van der Waals surface area contributed by atoms with E-state index in [0.717, 1.165) is 25.7 Å². The third kappa shape index (κ3) is 9.70. The van der Waals surface area contributed by atoms with Crippen LogP contribution in [0.5, 0.6) is 5.75 Å². The van der Waals surface area contributed by atoms with Crippen LogP contribution < -0.4 is 20.7 Å². The van der Waals surface area contributed by atoms with Crippen molar-refractivity contribution in [1.29, 1.82) is 0 Å². The number of para-hydroxylation sites is 2. The number of carbonyl (C=O) groups excluding carboxylic acids is 1. The number of unbranched alkanes of at least 4 members (excludes halogenated alkanes) is 4. The van der Waals surface area contributed by atoms with Gasteiger partial charge in [-0.05, 0) is 30.8 Å². The first kappa shape index (κ1) is 24.1. The van der Waals surface area contributed by atoms with Crippen LogP contribution in [0, 0.1) is 0 Å². The summed E-state index contributed by atoms with van der Waals surface area (Å²) in [6.45, 7) is 2.14. The van der Waals surface area contributed by atoms with Crippen LogP contribution in [-0.4, -0.2) is 28.1 Å². The molecule has 27 heavy (non-hydrogen) atoms. The normalized spacial score (nSPS) is 12.2. The van der Waals surface area contributed by atoms with Crippen LogP contribution in [0.3, 0.4) is 0 Å². The molecule has 0 fully saturated rings. The smallest absolute Gasteiger partial charge is 0.228 e. The average molecular weight is 455 g/mol. The Morgan fingerprint density at radius 3 is 2.44 bits per heavy atom. The van der Waals surface area contributed by atoms with E-state index in [1.807, 2.05) is 12.1 Å². The summed E-state index contributed by atoms with van der Waals surface area (Å²) in [5, 5.41) is 8.69. The number of ether oxygens (including phenoxy) is 1. The van der Waals surface area contributed by atoms with Crippen LogP contribution in [0.1, 0.15) is 45.4 Å². The number of hydrogen-bond donors (Lipinski definition) is 3. The molecule has 0 aliphatic rings. The minimum atomic E-state index is -1.77. The van der Waals surface area contributed by atoms with Gasteiger partial charge in [0.05, 0.1) is 12.8 Å². The van der Waals surface area contributed by atoms with Crippen LogP contribution >= 0.6 is 47.0 Å². The molecular weight excluding hydrogens is 429 g/mol. The first-order valence-electron chi connectivity index (χ1n) is 8.84. The number of halogens is 3. The number of amides is 1. The van der Waals surface area contributed by atoms with Gasteiger partial charge in [0.25, 0.3) is 0 Å². The van der Waals surface area contributed by atoms with Crippen LogP contribution in [0.15, 0.2) is 24.3 Å². The van der Waals surface area contributed by atoms with E-state index in [-0.39, 0.29) is 11.0 Å². The Hall–Kier alpha value is -0.950. The highest BCUT2D eigenvalue weighted by atomic mass is 35.6. The molecule has 152 valence electrons. The molecule has 0 saturated heterocycles. The molecule has 0 heterocycles. The summed E-state index contributed by atoms with van der Waals surface area (Å²) in [7, 11) is 1.56. The average Bonchev–Trinajstić information content (AvgIpc) is 2.60. The molecule has 0 spiro atoms. The molecule has 0 saturated carbocycles. The van der Waals surface area contributed by atoms with E-state index >= 15 is 0 Å². The highest BCUT2D eigenvalue weighted by molar-refractivity contribution is 7.80. The van der Waals surface area contributed by atoms with Gasteiger partial charge in [-0.15, -0.1) is 0 Å². The molecule has 0 bridgehead atoms. The fraction of sp³-hybridized carbons (Fsp3) is 0.556. The number of nitrogens with one attached hydrogen (secondary N) is 3. The Labute approximate surface area is 181 Å². The van der Waals surface area contributed by atoms with Gasteiger partial charge in [0.15, 0.2) is 5.11 Å². The van der Waals surface area contributed by atoms with Crippen molar-refractivity contribution in [2.24, 2.45) is 0 Å². The lowest BCUT2D eigenvalue weighted by molar-refractivity contribution is -0.122. The summed E-state index contributed by atoms with van der Waals surface area (Å²) < 4.78 is 3.48. The van der Waals surface area contributed by atoms with Crippen molar-refractivity contribution in [3.05, 3.63) is 24.3 Å². The quantitative estimate of drug-likeness (QED) is 0.197. The van der Waals surface area contributed by atoms with Crippen LogP contribution in [0.25, 0.3) is 0 Å². The lowest BCUT2D eigenvalue weighted by Gasteiger charge is -2.28. The molecule has 1 rings (SSSR count). The largest absolute Gasteiger partial charge is 0.495 e. The summed E-state index contributed by atoms with van der Waals surface area (Å²) in [4.78, 5) is 12.2. The number of carbonyl (C=O) groups is 1. The van der Waals surface area contributed by atoms with Crippen molar-refractivity contribution in [1.82, 2.24) is 10.6 Å². The van der Waals surface area contributed by atoms with Gasteiger partial charge in [0.1, 0.15) is 11.9 Å². The molecule has 1 aromatic rings. The number of thiocarbonyl (C=S) groups is 1. The predicted octanol–water partition coefficient (Wildman–Crippen LogP) is 5.15. The molecule has 0 aliphatic carbocycles. The Morgan fingerprint density at radius 2 is 1.81 bits per heavy atom. The Balaban J connectivity index is 2.59. The maximum absolute atomic E-state index is 12.2. The van der Waals surface area contributed by atoms with Crippen molar-refractivity contribution >= 4 is 63.7 Å². The first-order chi connectivity index (χ1) is 12.8. The van der Waals surface area contributed by atoms with E-state index in [2.05, 4.69) is 22.9 Å². The second kappa shape index (κ2) is 12.5. The maximum atomic E-state index is 12.2. The van der Waals surface area contributed by atoms with E-state index in [1.165, 1.54) is 6.42 Å². The lowest BCUT2D eigenvalue weighted by atomic mass is 10.1. The molecule has 9 heteroatoms. The minimum Gasteiger partial charge on any atom is -0.495 e. The summed E-state index contributed by atoms with van der Waals surface area (Å²) in [6, 6.07) is 7.26. The van der Waals surface area contributed by atoms with Crippen molar-refractivity contribution in [3.63, 3.8) is 0 Å². The summed E-state index contributed by atoms with van der Waals surface area (Å²) in [5.41, 5.74) is 0.655. The van der Waals surface area contributed by atoms with Gasteiger partial charge >= 0.3 is 0 Å². The molecule has 1 amide bonds. The van der Waals surface area contributed by atoms with E-state index in [1.54, 1.807) is 19.2 Å². The molecule has 0 aliphatic heterocycles. The second-order valence-electron chi connectivity index (χ2n) is 6.01. The summed E-state index contributed by atoms with van der Waals surface area (Å²) in [6.07, 6.45) is 4.63. The standard InChI is InChI=1S/C18H26Cl3N3O2S/c1-3-4-5-6-7-12-15(25)23-16(18(19,20)21)24-17(27)22-13-10-8-9-11-14(13)26-2/h8-11,16H,3-7,12H2,1-2H3,(H,23,25)(H2,22,24,27). The van der Waals surface area contributed by atoms with Gasteiger partial charge in [-0.3, -0.25) is 4.79 Å². The third-order valence-electron chi connectivity index (χ3n) is 3.77. The van der Waals surface area contributed by atoms with Crippen molar-refractivity contribution in [2.75, 3.05) is 12.4 Å². The van der Waals surface area contributed by atoms with E-state index < -0.39 is 9.96 Å². The topological polar surface area (TPSA) is 62.4 Å². The predicted molar refractivity (Wildman–Crippen MR) is 118 cm³/mol. The first-order valence-corrected chi connectivity index (χ1v) is 10.4. The highest BCUT2D eigenvalue weighted by Crippen LogP contribution is 2.29. The zero-order valence-corrected chi connectivity index (χ0v) is 18.6. The Kier molecular flexibility index (Phi) is 11.1. The molecule has 0 aromatic heterocycles. The zero-order valence-electron chi connectivity index (χ0n) is 15.5. The molecule has 1 aromatic carbocycles. The van der Waals surface area contributed by atoms with Gasteiger partial charge in [0, 0.05) is 6.42 Å². The molecular formula is C18H26Cl3N3O2S. The van der Waals surface area contributed by atoms with Gasteiger partial charge < -0.3 is 20.7 Å². The maximum Gasteiger partial charge on any atom is 0.228 e. The van der Waals surface area contributed by atoms with E-state index in [4.69, 9.17) is 51.8 Å². The molecule has 1 atom stereocenters. The molecule has 3 N–H and O–H groups in total. The molecule has 0 radical (unpaired) electrons. The van der Waals surface area contributed by atoms with Crippen LogP contribution in [0.4, 0.5) is 5.69 Å². The number of hydrogen-bond acceptors (Lipinski definition) is 3. The van der Waals surface area contributed by atoms with Gasteiger partial charge in [-0.2, -0.15) is 0 Å². The van der Waals surface area contributed by atoms with Gasteiger partial charge in [-0.1, -0.05) is 79.5 Å². The van der Waals surface area contributed by atoms with Gasteiger partial charge in [0.2, 0.25) is 9.70 Å². The number of rotatable bonds is 10. The van der Waals surface area contributed by atoms with E-state index in [9.17, 15) is 4.79 Å². The number of methoxy groups -OCH3 is 1. The van der Waals surface area contributed by atoms with Gasteiger partial charge in [-0.25, -0.2) is 0 Å².